The molecule has 90 valence electrons. The molecule has 3 atom stereocenters. The number of hydrogen-bond acceptors (Lipinski definition) is 5. The molecule has 4 N–H and O–H groups in total. The number of carbonyl (C=O) groups excluding carboxylic acids is 2. The van der Waals surface area contributed by atoms with Crippen LogP contribution in [0.1, 0.15) is 19.8 Å². The Labute approximate surface area is 93.8 Å². The van der Waals surface area contributed by atoms with Crippen LogP contribution >= 0.6 is 0 Å². The zero-order valence-corrected chi connectivity index (χ0v) is 9.27. The van der Waals surface area contributed by atoms with Crippen LogP contribution in [0.5, 0.6) is 0 Å². The second-order valence-corrected chi connectivity index (χ2v) is 4.61. The predicted octanol–water partition coefficient (Wildman–Crippen LogP) is -1.81. The summed E-state index contributed by atoms with van der Waals surface area (Å²) in [6.07, 6.45) is 0.795. The van der Waals surface area contributed by atoms with Gasteiger partial charge in [0.1, 0.15) is 11.6 Å². The predicted molar refractivity (Wildman–Crippen MR) is 56.3 cm³/mol. The molecular weight excluding hydrogens is 210 g/mol. The van der Waals surface area contributed by atoms with Crippen LogP contribution in [-0.2, 0) is 9.59 Å². The number of nitrogens with zero attached hydrogens (tertiary/aromatic N) is 1. The summed E-state index contributed by atoms with van der Waals surface area (Å²) in [7, 11) is 0. The van der Waals surface area contributed by atoms with Crippen molar-refractivity contribution in [2.45, 2.75) is 37.5 Å². The number of aliphatic hydroxyl groups is 1. The number of nitrogens with one attached hydrogen (secondary N) is 1. The van der Waals surface area contributed by atoms with E-state index in [1.165, 1.54) is 6.92 Å². The third-order valence-corrected chi connectivity index (χ3v) is 3.40. The summed E-state index contributed by atoms with van der Waals surface area (Å²) in [6.45, 7) is 2.64. The molecule has 2 unspecified atom stereocenters. The molecule has 0 saturated carbocycles. The number of imide groups is 1. The van der Waals surface area contributed by atoms with E-state index in [2.05, 4.69) is 5.32 Å². The van der Waals surface area contributed by atoms with Gasteiger partial charge in [0.15, 0.2) is 0 Å². The molecule has 2 aliphatic heterocycles. The highest BCUT2D eigenvalue weighted by atomic mass is 16.3. The Morgan fingerprint density at radius 3 is 2.81 bits per heavy atom. The highest BCUT2D eigenvalue weighted by Crippen LogP contribution is 2.31. The maximum atomic E-state index is 11.9. The van der Waals surface area contributed by atoms with E-state index < -0.39 is 23.6 Å². The van der Waals surface area contributed by atoms with E-state index >= 15 is 0 Å². The number of carbonyl (C=O) groups is 2. The molecule has 0 radical (unpaired) electrons. The van der Waals surface area contributed by atoms with Gasteiger partial charge < -0.3 is 16.2 Å². The number of hydrogen-bond donors (Lipinski definition) is 3. The van der Waals surface area contributed by atoms with Crippen molar-refractivity contribution in [2.75, 3.05) is 13.1 Å². The molecule has 0 aromatic rings. The SMILES string of the molecule is CC(O)C(N)C(=O)N1C[C@]2(CCCN2)C1=O. The number of aliphatic hydroxyl groups excluding tert-OH is 1. The Balaban J connectivity index is 2.00. The lowest BCUT2D eigenvalue weighted by molar-refractivity contribution is -0.163. The van der Waals surface area contributed by atoms with Gasteiger partial charge in [-0.05, 0) is 26.3 Å². The van der Waals surface area contributed by atoms with Crippen molar-refractivity contribution in [3.63, 3.8) is 0 Å². The lowest BCUT2D eigenvalue weighted by Gasteiger charge is -2.46. The van der Waals surface area contributed by atoms with Crippen molar-refractivity contribution >= 4 is 11.8 Å². The minimum atomic E-state index is -1.01. The summed E-state index contributed by atoms with van der Waals surface area (Å²) in [4.78, 5) is 24.7. The normalized spacial score (nSPS) is 32.7. The van der Waals surface area contributed by atoms with E-state index in [1.807, 2.05) is 0 Å². The quantitative estimate of drug-likeness (QED) is 0.483. The average Bonchev–Trinajstić information content (AvgIpc) is 2.74. The minimum absolute atomic E-state index is 0.203. The molecule has 2 heterocycles. The Hall–Kier alpha value is -0.980. The van der Waals surface area contributed by atoms with Gasteiger partial charge in [-0.15, -0.1) is 0 Å². The highest BCUT2D eigenvalue weighted by Gasteiger charge is 2.56. The van der Waals surface area contributed by atoms with Gasteiger partial charge in [-0.1, -0.05) is 0 Å². The van der Waals surface area contributed by atoms with Crippen LogP contribution in [0.3, 0.4) is 0 Å². The van der Waals surface area contributed by atoms with E-state index in [0.29, 0.717) is 6.54 Å². The van der Waals surface area contributed by atoms with Gasteiger partial charge in [-0.2, -0.15) is 0 Å². The number of rotatable bonds is 2. The fourth-order valence-corrected chi connectivity index (χ4v) is 2.26. The lowest BCUT2D eigenvalue weighted by atomic mass is 9.86. The molecule has 2 amide bonds. The van der Waals surface area contributed by atoms with Crippen LogP contribution in [0.25, 0.3) is 0 Å². The van der Waals surface area contributed by atoms with Gasteiger partial charge in [0.05, 0.1) is 12.6 Å². The maximum absolute atomic E-state index is 11.9. The fourth-order valence-electron chi connectivity index (χ4n) is 2.26. The Kier molecular flexibility index (Phi) is 2.73. The van der Waals surface area contributed by atoms with E-state index in [-0.39, 0.29) is 5.91 Å². The molecule has 2 aliphatic rings. The molecule has 6 nitrogen and oxygen atoms in total. The second-order valence-electron chi connectivity index (χ2n) is 4.61. The van der Waals surface area contributed by atoms with E-state index in [1.54, 1.807) is 0 Å². The zero-order valence-electron chi connectivity index (χ0n) is 9.27. The second kappa shape index (κ2) is 3.80. The first-order chi connectivity index (χ1) is 7.48. The van der Waals surface area contributed by atoms with Crippen molar-refractivity contribution in [1.29, 1.82) is 0 Å². The van der Waals surface area contributed by atoms with Gasteiger partial charge in [0, 0.05) is 0 Å². The van der Waals surface area contributed by atoms with Crippen LogP contribution in [-0.4, -0.2) is 52.6 Å². The minimum Gasteiger partial charge on any atom is -0.391 e. The molecule has 1 spiro atoms. The largest absolute Gasteiger partial charge is 0.391 e. The van der Waals surface area contributed by atoms with Crippen molar-refractivity contribution in [1.82, 2.24) is 10.2 Å². The third-order valence-electron chi connectivity index (χ3n) is 3.40. The summed E-state index contributed by atoms with van der Waals surface area (Å²) in [5.74, 6) is -0.689. The molecule has 0 aliphatic carbocycles. The summed E-state index contributed by atoms with van der Waals surface area (Å²) in [5, 5.41) is 12.3. The van der Waals surface area contributed by atoms with Crippen molar-refractivity contribution in [2.24, 2.45) is 5.73 Å². The molecule has 16 heavy (non-hydrogen) atoms. The molecule has 0 aromatic carbocycles. The first-order valence-corrected chi connectivity index (χ1v) is 5.52. The Bertz CT molecular complexity index is 315. The Morgan fingerprint density at radius 1 is 1.69 bits per heavy atom. The molecule has 0 aromatic heterocycles. The van der Waals surface area contributed by atoms with Crippen LogP contribution in [0, 0.1) is 0 Å². The lowest BCUT2D eigenvalue weighted by Crippen LogP contribution is -2.74. The first kappa shape index (κ1) is 11.5. The zero-order chi connectivity index (χ0) is 11.9. The van der Waals surface area contributed by atoms with Gasteiger partial charge in [-0.25, -0.2) is 0 Å². The molecule has 0 bridgehead atoms. The van der Waals surface area contributed by atoms with Crippen LogP contribution in [0.2, 0.25) is 0 Å². The summed E-state index contributed by atoms with van der Waals surface area (Å²) >= 11 is 0. The Morgan fingerprint density at radius 2 is 2.38 bits per heavy atom. The maximum Gasteiger partial charge on any atom is 0.251 e. The number of nitrogens with two attached hydrogens (primary N) is 1. The summed E-state index contributed by atoms with van der Waals surface area (Å²) in [6, 6.07) is -1.01. The number of likely N-dealkylation sites (tertiary alicyclic amines) is 1. The molecule has 2 saturated heterocycles. The van der Waals surface area contributed by atoms with Crippen molar-refractivity contribution in [3.05, 3.63) is 0 Å². The monoisotopic (exact) mass is 227 g/mol. The molecule has 6 heteroatoms. The fraction of sp³-hybridized carbons (Fsp3) is 0.800. The van der Waals surface area contributed by atoms with Crippen molar-refractivity contribution in [3.8, 4) is 0 Å². The van der Waals surface area contributed by atoms with E-state index in [0.717, 1.165) is 24.3 Å². The first-order valence-electron chi connectivity index (χ1n) is 5.52. The van der Waals surface area contributed by atoms with Gasteiger partial charge in [-0.3, -0.25) is 14.5 Å². The molecular formula is C10H17N3O3. The molecule has 2 fully saturated rings. The van der Waals surface area contributed by atoms with E-state index in [9.17, 15) is 14.7 Å². The highest BCUT2D eigenvalue weighted by molar-refractivity contribution is 6.07. The van der Waals surface area contributed by atoms with Crippen LogP contribution in [0.15, 0.2) is 0 Å². The summed E-state index contributed by atoms with van der Waals surface area (Å²) < 4.78 is 0. The van der Waals surface area contributed by atoms with Gasteiger partial charge in [0.2, 0.25) is 5.91 Å². The average molecular weight is 227 g/mol. The number of amides is 2. The van der Waals surface area contributed by atoms with Crippen molar-refractivity contribution < 1.29 is 14.7 Å². The van der Waals surface area contributed by atoms with E-state index in [4.69, 9.17) is 5.73 Å². The number of β-lactam (4-membered cyclic amide) rings is 1. The standard InChI is InChI=1S/C10H17N3O3/c1-6(14)7(11)8(15)13-5-10(9(13)16)3-2-4-12-10/h6-7,12,14H,2-5,11H2,1H3/t6?,7?,10-/m1/s1. The topological polar surface area (TPSA) is 95.7 Å². The smallest absolute Gasteiger partial charge is 0.251 e. The molecule has 2 rings (SSSR count). The summed E-state index contributed by atoms with van der Waals surface area (Å²) in [5.41, 5.74) is 4.99. The van der Waals surface area contributed by atoms with Crippen LogP contribution < -0.4 is 11.1 Å². The van der Waals surface area contributed by atoms with Gasteiger partial charge in [0.25, 0.3) is 5.91 Å². The van der Waals surface area contributed by atoms with Crippen LogP contribution in [0.4, 0.5) is 0 Å². The third kappa shape index (κ3) is 1.53. The van der Waals surface area contributed by atoms with Gasteiger partial charge >= 0.3 is 0 Å².